The molecule has 1 nitrogen and oxygen atoms in total. The van der Waals surface area contributed by atoms with Crippen molar-refractivity contribution in [2.75, 3.05) is 0 Å². The normalized spacial score (nSPS) is 10.9. The fourth-order valence-corrected chi connectivity index (χ4v) is 2.69. The van der Waals surface area contributed by atoms with Gasteiger partial charge >= 0.3 is 0 Å². The maximum Gasteiger partial charge on any atom is 0.137 e. The second kappa shape index (κ2) is 6.73. The standard InChI is InChI=1S/C16H18FNS/c1-12(2)18-11-13-7-6-10-15(17)16(13)19-14-8-4-3-5-9-14/h3-10,12,18H,11H2,1-2H3. The van der Waals surface area contributed by atoms with Crippen LogP contribution in [0.15, 0.2) is 58.3 Å². The number of rotatable bonds is 5. The highest BCUT2D eigenvalue weighted by Crippen LogP contribution is 2.32. The van der Waals surface area contributed by atoms with Crippen LogP contribution >= 0.6 is 11.8 Å². The summed E-state index contributed by atoms with van der Waals surface area (Å²) < 4.78 is 14.0. The Labute approximate surface area is 118 Å². The lowest BCUT2D eigenvalue weighted by Crippen LogP contribution is -2.22. The van der Waals surface area contributed by atoms with E-state index in [2.05, 4.69) is 19.2 Å². The Morgan fingerprint density at radius 3 is 2.47 bits per heavy atom. The maximum atomic E-state index is 14.0. The first kappa shape index (κ1) is 14.1. The number of benzene rings is 2. The first-order valence-corrected chi connectivity index (χ1v) is 7.22. The van der Waals surface area contributed by atoms with Crippen LogP contribution in [0.25, 0.3) is 0 Å². The van der Waals surface area contributed by atoms with Gasteiger partial charge in [0.15, 0.2) is 0 Å². The van der Waals surface area contributed by atoms with E-state index in [9.17, 15) is 4.39 Å². The predicted octanol–water partition coefficient (Wildman–Crippen LogP) is 4.47. The topological polar surface area (TPSA) is 12.0 Å². The quantitative estimate of drug-likeness (QED) is 0.863. The van der Waals surface area contributed by atoms with E-state index in [0.717, 1.165) is 10.5 Å². The lowest BCUT2D eigenvalue weighted by molar-refractivity contribution is 0.564. The molecule has 0 amide bonds. The molecule has 0 atom stereocenters. The molecule has 1 N–H and O–H groups in total. The van der Waals surface area contributed by atoms with Gasteiger partial charge in [-0.2, -0.15) is 0 Å². The van der Waals surface area contributed by atoms with Crippen molar-refractivity contribution >= 4 is 11.8 Å². The van der Waals surface area contributed by atoms with Crippen LogP contribution in [0.4, 0.5) is 4.39 Å². The molecule has 2 rings (SSSR count). The monoisotopic (exact) mass is 275 g/mol. The van der Waals surface area contributed by atoms with Gasteiger partial charge in [0.25, 0.3) is 0 Å². The van der Waals surface area contributed by atoms with E-state index in [-0.39, 0.29) is 5.82 Å². The number of halogens is 1. The van der Waals surface area contributed by atoms with E-state index < -0.39 is 0 Å². The van der Waals surface area contributed by atoms with E-state index >= 15 is 0 Å². The Bertz CT molecular complexity index is 526. The molecular weight excluding hydrogens is 257 g/mol. The summed E-state index contributed by atoms with van der Waals surface area (Å²) in [6.45, 7) is 4.86. The van der Waals surface area contributed by atoms with Crippen molar-refractivity contribution in [3.05, 3.63) is 59.9 Å². The van der Waals surface area contributed by atoms with Crippen LogP contribution in [0, 0.1) is 5.82 Å². The molecule has 2 aromatic carbocycles. The number of nitrogens with one attached hydrogen (secondary N) is 1. The number of hydrogen-bond donors (Lipinski definition) is 1. The summed E-state index contributed by atoms with van der Waals surface area (Å²) >= 11 is 1.48. The molecular formula is C16H18FNS. The minimum Gasteiger partial charge on any atom is -0.310 e. The van der Waals surface area contributed by atoms with Crippen molar-refractivity contribution < 1.29 is 4.39 Å². The van der Waals surface area contributed by atoms with Crippen molar-refractivity contribution in [1.29, 1.82) is 0 Å². The third-order valence-corrected chi connectivity index (χ3v) is 3.88. The van der Waals surface area contributed by atoms with Gasteiger partial charge in [-0.25, -0.2) is 4.39 Å². The molecule has 0 aromatic heterocycles. The first-order chi connectivity index (χ1) is 9.16. The van der Waals surface area contributed by atoms with Gasteiger partial charge in [-0.3, -0.25) is 0 Å². The van der Waals surface area contributed by atoms with Crippen LogP contribution < -0.4 is 5.32 Å². The molecule has 0 saturated carbocycles. The molecule has 0 spiro atoms. The van der Waals surface area contributed by atoms with Crippen molar-refractivity contribution in [3.8, 4) is 0 Å². The highest BCUT2D eigenvalue weighted by atomic mass is 32.2. The minimum absolute atomic E-state index is 0.156. The van der Waals surface area contributed by atoms with E-state index in [1.165, 1.54) is 17.8 Å². The molecule has 0 bridgehead atoms. The summed E-state index contributed by atoms with van der Waals surface area (Å²) in [6, 6.07) is 15.5. The van der Waals surface area contributed by atoms with Crippen LogP contribution in [-0.2, 0) is 6.54 Å². The van der Waals surface area contributed by atoms with Crippen molar-refractivity contribution in [3.63, 3.8) is 0 Å². The third-order valence-electron chi connectivity index (χ3n) is 2.71. The van der Waals surface area contributed by atoms with Crippen molar-refractivity contribution in [2.24, 2.45) is 0 Å². The van der Waals surface area contributed by atoms with E-state index in [1.54, 1.807) is 6.07 Å². The number of hydrogen-bond acceptors (Lipinski definition) is 2. The van der Waals surface area contributed by atoms with E-state index in [4.69, 9.17) is 0 Å². The predicted molar refractivity (Wildman–Crippen MR) is 78.9 cm³/mol. The molecule has 0 aliphatic heterocycles. The molecule has 19 heavy (non-hydrogen) atoms. The van der Waals surface area contributed by atoms with Crippen LogP contribution in [0.1, 0.15) is 19.4 Å². The van der Waals surface area contributed by atoms with E-state index in [0.29, 0.717) is 17.5 Å². The third kappa shape index (κ3) is 4.08. The second-order valence-corrected chi connectivity index (χ2v) is 5.76. The molecule has 3 heteroatoms. The summed E-state index contributed by atoms with van der Waals surface area (Å²) in [6.07, 6.45) is 0. The summed E-state index contributed by atoms with van der Waals surface area (Å²) in [4.78, 5) is 1.76. The lowest BCUT2D eigenvalue weighted by Gasteiger charge is -2.13. The Kier molecular flexibility index (Phi) is 5.00. The fraction of sp³-hybridized carbons (Fsp3) is 0.250. The fourth-order valence-electron chi connectivity index (χ4n) is 1.73. The van der Waals surface area contributed by atoms with E-state index in [1.807, 2.05) is 36.4 Å². The largest absolute Gasteiger partial charge is 0.310 e. The molecule has 0 aliphatic carbocycles. The van der Waals surface area contributed by atoms with Gasteiger partial charge in [-0.05, 0) is 23.8 Å². The minimum atomic E-state index is -0.156. The molecule has 0 unspecified atom stereocenters. The Balaban J connectivity index is 2.22. The maximum absolute atomic E-state index is 14.0. The molecule has 0 aliphatic rings. The van der Waals surface area contributed by atoms with Crippen LogP contribution in [-0.4, -0.2) is 6.04 Å². The Morgan fingerprint density at radius 2 is 1.79 bits per heavy atom. The molecule has 0 radical (unpaired) electrons. The van der Waals surface area contributed by atoms with Crippen LogP contribution in [0.3, 0.4) is 0 Å². The van der Waals surface area contributed by atoms with Crippen molar-refractivity contribution in [1.82, 2.24) is 5.32 Å². The van der Waals surface area contributed by atoms with Crippen LogP contribution in [0.5, 0.6) is 0 Å². The molecule has 100 valence electrons. The molecule has 2 aromatic rings. The zero-order valence-electron chi connectivity index (χ0n) is 11.2. The highest BCUT2D eigenvalue weighted by molar-refractivity contribution is 7.99. The van der Waals surface area contributed by atoms with Gasteiger partial charge in [-0.1, -0.05) is 55.9 Å². The first-order valence-electron chi connectivity index (χ1n) is 6.40. The van der Waals surface area contributed by atoms with Gasteiger partial charge in [0.05, 0.1) is 4.90 Å². The van der Waals surface area contributed by atoms with Crippen LogP contribution in [0.2, 0.25) is 0 Å². The zero-order chi connectivity index (χ0) is 13.7. The summed E-state index contributed by atoms with van der Waals surface area (Å²) in [5, 5.41) is 3.34. The average Bonchev–Trinajstić information content (AvgIpc) is 2.40. The Hall–Kier alpha value is -1.32. The summed E-state index contributed by atoms with van der Waals surface area (Å²) in [5.74, 6) is -0.156. The second-order valence-electron chi connectivity index (χ2n) is 4.68. The average molecular weight is 275 g/mol. The summed E-state index contributed by atoms with van der Waals surface area (Å²) in [7, 11) is 0. The molecule has 0 heterocycles. The van der Waals surface area contributed by atoms with Gasteiger partial charge in [0.1, 0.15) is 5.82 Å². The molecule has 0 saturated heterocycles. The zero-order valence-corrected chi connectivity index (χ0v) is 12.0. The van der Waals surface area contributed by atoms with Gasteiger partial charge in [-0.15, -0.1) is 0 Å². The van der Waals surface area contributed by atoms with Gasteiger partial charge in [0.2, 0.25) is 0 Å². The van der Waals surface area contributed by atoms with Crippen molar-refractivity contribution in [2.45, 2.75) is 36.2 Å². The summed E-state index contributed by atoms with van der Waals surface area (Å²) in [5.41, 5.74) is 1.00. The Morgan fingerprint density at radius 1 is 1.05 bits per heavy atom. The lowest BCUT2D eigenvalue weighted by atomic mass is 10.2. The highest BCUT2D eigenvalue weighted by Gasteiger charge is 2.10. The SMILES string of the molecule is CC(C)NCc1cccc(F)c1Sc1ccccc1. The smallest absolute Gasteiger partial charge is 0.137 e. The van der Waals surface area contributed by atoms with Gasteiger partial charge in [0, 0.05) is 17.5 Å². The molecule has 0 fully saturated rings. The van der Waals surface area contributed by atoms with Gasteiger partial charge < -0.3 is 5.32 Å².